The van der Waals surface area contributed by atoms with Crippen LogP contribution in [-0.2, 0) is 13.6 Å². The van der Waals surface area contributed by atoms with Crippen LogP contribution < -0.4 is 10.2 Å². The normalized spacial score (nSPS) is 18.8. The van der Waals surface area contributed by atoms with E-state index in [0.717, 1.165) is 25.3 Å². The second kappa shape index (κ2) is 6.74. The zero-order valence-corrected chi connectivity index (χ0v) is 14.7. The van der Waals surface area contributed by atoms with E-state index in [1.807, 2.05) is 17.9 Å². The van der Waals surface area contributed by atoms with Gasteiger partial charge in [0.05, 0.1) is 11.9 Å². The molecule has 0 radical (unpaired) electrons. The molecule has 0 aromatic carbocycles. The number of anilines is 1. The minimum Gasteiger partial charge on any atom is -0.355 e. The van der Waals surface area contributed by atoms with Gasteiger partial charge in [0, 0.05) is 56.6 Å². The van der Waals surface area contributed by atoms with Gasteiger partial charge >= 0.3 is 0 Å². The van der Waals surface area contributed by atoms with Crippen molar-refractivity contribution in [3.63, 3.8) is 0 Å². The minimum absolute atomic E-state index is 0.414. The van der Waals surface area contributed by atoms with Crippen LogP contribution >= 0.6 is 0 Å². The van der Waals surface area contributed by atoms with Crippen molar-refractivity contribution in [1.29, 1.82) is 0 Å². The third-order valence-corrected chi connectivity index (χ3v) is 4.67. The van der Waals surface area contributed by atoms with E-state index in [2.05, 4.69) is 58.1 Å². The van der Waals surface area contributed by atoms with Crippen LogP contribution in [0.5, 0.6) is 0 Å². The molecule has 1 N–H and O–H groups in total. The first-order chi connectivity index (χ1) is 11.0. The molecule has 0 unspecified atom stereocenters. The van der Waals surface area contributed by atoms with E-state index in [4.69, 9.17) is 0 Å². The summed E-state index contributed by atoms with van der Waals surface area (Å²) in [5.41, 5.74) is 2.43. The summed E-state index contributed by atoms with van der Waals surface area (Å²) in [6.45, 7) is 9.47. The number of nitrogens with zero attached hydrogens (tertiary/aromatic N) is 5. The van der Waals surface area contributed by atoms with Gasteiger partial charge in [-0.2, -0.15) is 10.2 Å². The van der Waals surface area contributed by atoms with Crippen molar-refractivity contribution in [3.05, 3.63) is 29.7 Å². The predicted octanol–water partition coefficient (Wildman–Crippen LogP) is 2.26. The largest absolute Gasteiger partial charge is 0.355 e. The van der Waals surface area contributed by atoms with Gasteiger partial charge in [-0.05, 0) is 33.6 Å². The first kappa shape index (κ1) is 16.1. The summed E-state index contributed by atoms with van der Waals surface area (Å²) in [6.07, 6.45) is 6.49. The molecule has 1 aliphatic rings. The van der Waals surface area contributed by atoms with Crippen LogP contribution in [0.2, 0.25) is 0 Å². The Balaban J connectivity index is 1.59. The summed E-state index contributed by atoms with van der Waals surface area (Å²) in [5.74, 6) is 1.21. The van der Waals surface area contributed by atoms with Gasteiger partial charge in [0.15, 0.2) is 0 Å². The molecule has 6 heteroatoms. The van der Waals surface area contributed by atoms with Crippen molar-refractivity contribution in [3.8, 4) is 0 Å². The summed E-state index contributed by atoms with van der Waals surface area (Å²) in [4.78, 5) is 2.43. The van der Waals surface area contributed by atoms with Crippen LogP contribution in [-0.4, -0.2) is 38.7 Å². The number of rotatable bonds is 5. The lowest BCUT2D eigenvalue weighted by Gasteiger charge is -2.34. The number of nitrogens with one attached hydrogen (secondary N) is 1. The molecule has 0 aliphatic carbocycles. The van der Waals surface area contributed by atoms with Gasteiger partial charge in [0.2, 0.25) is 0 Å². The van der Waals surface area contributed by atoms with Gasteiger partial charge in [-0.25, -0.2) is 0 Å². The molecule has 1 atom stereocenters. The molecule has 126 valence electrons. The fraction of sp³-hybridized carbons (Fsp3) is 0.647. The Morgan fingerprint density at radius 3 is 2.87 bits per heavy atom. The van der Waals surface area contributed by atoms with Crippen molar-refractivity contribution in [2.24, 2.45) is 7.05 Å². The summed E-state index contributed by atoms with van der Waals surface area (Å²) in [7, 11) is 2.01. The Hall–Kier alpha value is -1.82. The van der Waals surface area contributed by atoms with Crippen molar-refractivity contribution in [2.75, 3.05) is 18.0 Å². The summed E-state index contributed by atoms with van der Waals surface area (Å²) in [6, 6.07) is 3.03. The van der Waals surface area contributed by atoms with E-state index >= 15 is 0 Å². The Morgan fingerprint density at radius 1 is 1.39 bits per heavy atom. The van der Waals surface area contributed by atoms with Gasteiger partial charge in [0.1, 0.15) is 5.82 Å². The van der Waals surface area contributed by atoms with Crippen molar-refractivity contribution < 1.29 is 0 Å². The molecule has 1 fully saturated rings. The molecule has 3 rings (SSSR count). The topological polar surface area (TPSA) is 50.9 Å². The zero-order chi connectivity index (χ0) is 16.4. The first-order valence-corrected chi connectivity index (χ1v) is 8.55. The molecular formula is C17H28N6. The highest BCUT2D eigenvalue weighted by molar-refractivity contribution is 5.38. The lowest BCUT2D eigenvalue weighted by atomic mass is 10.1. The number of aryl methyl sites for hydroxylation is 2. The van der Waals surface area contributed by atoms with E-state index in [9.17, 15) is 0 Å². The van der Waals surface area contributed by atoms with E-state index in [1.54, 1.807) is 0 Å². The second-order valence-corrected chi connectivity index (χ2v) is 6.79. The van der Waals surface area contributed by atoms with Crippen LogP contribution in [0.4, 0.5) is 5.82 Å². The van der Waals surface area contributed by atoms with Crippen molar-refractivity contribution in [2.45, 2.75) is 52.2 Å². The maximum atomic E-state index is 4.60. The molecule has 0 saturated carbocycles. The van der Waals surface area contributed by atoms with Crippen molar-refractivity contribution in [1.82, 2.24) is 24.9 Å². The molecule has 2 aromatic rings. The highest BCUT2D eigenvalue weighted by Gasteiger charge is 2.21. The number of piperidine rings is 1. The molecule has 2 aromatic heterocycles. The Bertz CT molecular complexity index is 641. The molecule has 6 nitrogen and oxygen atoms in total. The number of hydrogen-bond acceptors (Lipinski definition) is 4. The highest BCUT2D eigenvalue weighted by Crippen LogP contribution is 2.19. The fourth-order valence-corrected chi connectivity index (χ4v) is 3.24. The average molecular weight is 316 g/mol. The second-order valence-electron chi connectivity index (χ2n) is 6.79. The molecule has 1 saturated heterocycles. The van der Waals surface area contributed by atoms with E-state index in [1.165, 1.54) is 24.2 Å². The Kier molecular flexibility index (Phi) is 4.71. The van der Waals surface area contributed by atoms with Gasteiger partial charge in [0.25, 0.3) is 0 Å². The van der Waals surface area contributed by atoms with Gasteiger partial charge in [-0.1, -0.05) is 0 Å². The third-order valence-electron chi connectivity index (χ3n) is 4.67. The maximum absolute atomic E-state index is 4.60. The lowest BCUT2D eigenvalue weighted by molar-refractivity contribution is 0.417. The predicted molar refractivity (Wildman–Crippen MR) is 92.6 cm³/mol. The van der Waals surface area contributed by atoms with Crippen molar-refractivity contribution >= 4 is 5.82 Å². The minimum atomic E-state index is 0.414. The average Bonchev–Trinajstić information content (AvgIpc) is 3.11. The zero-order valence-electron chi connectivity index (χ0n) is 14.7. The van der Waals surface area contributed by atoms with Gasteiger partial charge in [-0.15, -0.1) is 0 Å². The molecule has 0 amide bonds. The lowest BCUT2D eigenvalue weighted by Crippen LogP contribution is -2.46. The quantitative estimate of drug-likeness (QED) is 0.919. The summed E-state index contributed by atoms with van der Waals surface area (Å²) >= 11 is 0. The number of aromatic nitrogens is 4. The monoisotopic (exact) mass is 316 g/mol. The van der Waals surface area contributed by atoms with Gasteiger partial charge < -0.3 is 10.2 Å². The van der Waals surface area contributed by atoms with E-state index in [0.29, 0.717) is 12.1 Å². The molecule has 3 heterocycles. The van der Waals surface area contributed by atoms with Crippen LogP contribution in [0.3, 0.4) is 0 Å². The van der Waals surface area contributed by atoms with Crippen LogP contribution in [0.15, 0.2) is 18.5 Å². The summed E-state index contributed by atoms with van der Waals surface area (Å²) in [5, 5.41) is 12.6. The molecule has 0 spiro atoms. The van der Waals surface area contributed by atoms with Crippen LogP contribution in [0.1, 0.15) is 44.0 Å². The van der Waals surface area contributed by atoms with E-state index < -0.39 is 0 Å². The maximum Gasteiger partial charge on any atom is 0.126 e. The highest BCUT2D eigenvalue weighted by atomic mass is 15.4. The van der Waals surface area contributed by atoms with Crippen LogP contribution in [0, 0.1) is 6.92 Å². The fourth-order valence-electron chi connectivity index (χ4n) is 3.24. The third kappa shape index (κ3) is 3.58. The molecule has 1 aliphatic heterocycles. The Labute approximate surface area is 138 Å². The molecule has 0 bridgehead atoms. The Morgan fingerprint density at radius 2 is 2.22 bits per heavy atom. The summed E-state index contributed by atoms with van der Waals surface area (Å²) < 4.78 is 4.01. The van der Waals surface area contributed by atoms with Crippen LogP contribution in [0.25, 0.3) is 0 Å². The smallest absolute Gasteiger partial charge is 0.126 e. The standard InChI is InChI=1S/C17H28N6/c1-13(2)23-11-15(14(3)20-23)10-18-16-6-5-9-22(12-16)17-7-8-19-21(17)4/h7-8,11,13,16,18H,5-6,9-10,12H2,1-4H3/t16-/m0/s1. The van der Waals surface area contributed by atoms with E-state index in [-0.39, 0.29) is 0 Å². The molecular weight excluding hydrogens is 288 g/mol. The van der Waals surface area contributed by atoms with Gasteiger partial charge in [-0.3, -0.25) is 9.36 Å². The molecule has 23 heavy (non-hydrogen) atoms. The SMILES string of the molecule is Cc1nn(C(C)C)cc1CN[C@H]1CCCN(c2ccnn2C)C1. The first-order valence-electron chi connectivity index (χ1n) is 8.55. The number of hydrogen-bond donors (Lipinski definition) is 1.